The largest absolute Gasteiger partial charge is 0.466 e. The summed E-state index contributed by atoms with van der Waals surface area (Å²) in [7, 11) is 0. The van der Waals surface area contributed by atoms with E-state index in [0.29, 0.717) is 52.3 Å². The zero-order valence-corrected chi connectivity index (χ0v) is 47.9. The zero-order chi connectivity index (χ0) is 50.6. The molecule has 0 bridgehead atoms. The van der Waals surface area contributed by atoms with E-state index in [0.717, 1.165) is 161 Å². The van der Waals surface area contributed by atoms with Crippen molar-refractivity contribution < 1.29 is 64.9 Å². The summed E-state index contributed by atoms with van der Waals surface area (Å²) in [4.78, 5) is 14.9. The van der Waals surface area contributed by atoms with Gasteiger partial charge in [-0.1, -0.05) is 151 Å². The van der Waals surface area contributed by atoms with Crippen molar-refractivity contribution in [3.05, 3.63) is 97.2 Å². The fourth-order valence-electron chi connectivity index (χ4n) is 6.70. The number of nitrogens with zero attached hydrogens (tertiary/aromatic N) is 1. The maximum absolute atomic E-state index is 12.4. The molecule has 0 aromatic rings. The van der Waals surface area contributed by atoms with Gasteiger partial charge in [0.25, 0.3) is 0 Å². The Balaban J connectivity index is -0.00000151. The molecular formula is C59H105NO9W. The molecule has 0 saturated heterocycles. The standard InChI is InChI=1S/C38H69NO6.C21H36O3.W/c1-3-5-7-9-11-16-25-35-44-38(45-36-26-17-12-10-8-6-4-2)28-27-37(42)43-34-24-18-14-20-30-39(31-21-23-33-41)29-19-13-15-22-32-40;1-3-5-7-9-11-13-15-19-23-21(17-18-22)24-20-16-14-12-10-8-6-4-2;/h5-8,11-12,16-17,38,40-41H,3-4,9-10,13-15,18-36H2,1-2H3;5-8,11-14,21-22H,3-4,9-10,15-20H2,1-2H3;/b7-5+,8-6+,16-11+,17-12+;7-5+,8-6+,13-11+,14-12+;. The number of ether oxygens (including phenoxy) is 5. The van der Waals surface area contributed by atoms with Crippen LogP contribution in [0.2, 0.25) is 0 Å². The van der Waals surface area contributed by atoms with Gasteiger partial charge in [-0.25, -0.2) is 0 Å². The summed E-state index contributed by atoms with van der Waals surface area (Å²) in [5.74, 6) is -0.186. The van der Waals surface area contributed by atoms with Gasteiger partial charge in [0, 0.05) is 53.7 Å². The molecule has 0 rings (SSSR count). The van der Waals surface area contributed by atoms with Crippen molar-refractivity contribution >= 4 is 5.97 Å². The molecule has 0 aliphatic carbocycles. The zero-order valence-electron chi connectivity index (χ0n) is 45.0. The van der Waals surface area contributed by atoms with Crippen LogP contribution in [0, 0.1) is 0 Å². The van der Waals surface area contributed by atoms with Gasteiger partial charge in [-0.15, -0.1) is 0 Å². The molecule has 406 valence electrons. The van der Waals surface area contributed by atoms with Crippen molar-refractivity contribution in [1.82, 2.24) is 4.90 Å². The molecule has 0 radical (unpaired) electrons. The molecule has 0 fully saturated rings. The molecule has 0 unspecified atom stereocenters. The molecule has 3 N–H and O–H groups in total. The van der Waals surface area contributed by atoms with Gasteiger partial charge in [-0.05, 0) is 135 Å². The van der Waals surface area contributed by atoms with Crippen LogP contribution in [0.5, 0.6) is 0 Å². The molecule has 0 spiro atoms. The molecule has 0 aliphatic rings. The van der Waals surface area contributed by atoms with Gasteiger partial charge in [-0.3, -0.25) is 4.79 Å². The Bertz CT molecular complexity index is 1220. The minimum Gasteiger partial charge on any atom is -0.466 e. The van der Waals surface area contributed by atoms with Crippen molar-refractivity contribution in [3.8, 4) is 0 Å². The smallest absolute Gasteiger partial charge is 0.305 e. The number of aliphatic hydroxyl groups excluding tert-OH is 3. The molecule has 0 amide bonds. The number of aliphatic hydroxyl groups is 3. The molecule has 0 atom stereocenters. The van der Waals surface area contributed by atoms with Crippen molar-refractivity contribution in [2.24, 2.45) is 0 Å². The predicted octanol–water partition coefficient (Wildman–Crippen LogP) is 13.8. The third-order valence-electron chi connectivity index (χ3n) is 10.6. The summed E-state index contributed by atoms with van der Waals surface area (Å²) in [5.41, 5.74) is 0. The second kappa shape index (κ2) is 64.8. The third kappa shape index (κ3) is 60.1. The fraction of sp³-hybridized carbons (Fsp3) is 0.712. The van der Waals surface area contributed by atoms with E-state index >= 15 is 0 Å². The average Bonchev–Trinajstić information content (AvgIpc) is 3.35. The first-order valence-electron chi connectivity index (χ1n) is 27.4. The SMILES string of the molecule is CC/C=C/C/C=C/CCOC(CCC(=O)OCCCCCCN(CCCCO)CCCCCCO)OCC/C=C/C/C=C/CC.CC/C=C/C/C=C/CCOC(CCO)OCC/C=C/C/C=C/CC.[W]. The Morgan fingerprint density at radius 2 is 0.729 bits per heavy atom. The Morgan fingerprint density at radius 1 is 0.400 bits per heavy atom. The molecule has 0 aromatic heterocycles. The number of allylic oxidation sites excluding steroid dienone is 12. The molecule has 0 saturated carbocycles. The first-order valence-corrected chi connectivity index (χ1v) is 27.4. The van der Waals surface area contributed by atoms with E-state index in [-0.39, 0.29) is 53.1 Å². The Labute approximate surface area is 444 Å². The van der Waals surface area contributed by atoms with Crippen LogP contribution < -0.4 is 0 Å². The summed E-state index contributed by atoms with van der Waals surface area (Å²) in [5, 5.41) is 27.2. The number of carbonyl (C=O) groups is 1. The van der Waals surface area contributed by atoms with E-state index in [1.165, 1.54) is 0 Å². The van der Waals surface area contributed by atoms with Gasteiger partial charge in [0.2, 0.25) is 0 Å². The minimum absolute atomic E-state index is 0. The van der Waals surface area contributed by atoms with Crippen LogP contribution in [-0.4, -0.2) is 111 Å². The maximum atomic E-state index is 12.4. The quantitative estimate of drug-likeness (QED) is 0.0235. The van der Waals surface area contributed by atoms with Gasteiger partial charge in [-0.2, -0.15) is 0 Å². The van der Waals surface area contributed by atoms with E-state index in [4.69, 9.17) is 39.0 Å². The van der Waals surface area contributed by atoms with Crippen LogP contribution in [0.1, 0.15) is 188 Å². The summed E-state index contributed by atoms with van der Waals surface area (Å²) < 4.78 is 28.8. The summed E-state index contributed by atoms with van der Waals surface area (Å²) in [6.45, 7) is 15.2. The normalized spacial score (nSPS) is 12.4. The number of carbonyl (C=O) groups excluding carboxylic acids is 1. The van der Waals surface area contributed by atoms with Gasteiger partial charge in [0.1, 0.15) is 0 Å². The van der Waals surface area contributed by atoms with E-state index in [1.807, 2.05) is 0 Å². The maximum Gasteiger partial charge on any atom is 0.305 e. The average molecular weight is 1160 g/mol. The monoisotopic (exact) mass is 1160 g/mol. The molecule has 0 aromatic carbocycles. The van der Waals surface area contributed by atoms with Crippen LogP contribution in [0.3, 0.4) is 0 Å². The second-order valence-corrected chi connectivity index (χ2v) is 16.9. The molecular weight excluding hydrogens is 1050 g/mol. The Kier molecular flexibility index (Phi) is 66.6. The van der Waals surface area contributed by atoms with Crippen molar-refractivity contribution in [2.75, 3.05) is 72.5 Å². The molecule has 70 heavy (non-hydrogen) atoms. The number of hydrogen-bond donors (Lipinski definition) is 3. The van der Waals surface area contributed by atoms with Gasteiger partial charge >= 0.3 is 5.97 Å². The van der Waals surface area contributed by atoms with E-state index in [9.17, 15) is 4.79 Å². The fourth-order valence-corrected chi connectivity index (χ4v) is 6.70. The first-order chi connectivity index (χ1) is 34.0. The van der Waals surface area contributed by atoms with E-state index in [1.54, 1.807) is 0 Å². The molecule has 11 heteroatoms. The van der Waals surface area contributed by atoms with Crippen LogP contribution in [0.15, 0.2) is 97.2 Å². The number of hydrogen-bond acceptors (Lipinski definition) is 10. The van der Waals surface area contributed by atoms with Crippen LogP contribution >= 0.6 is 0 Å². The topological polar surface area (TPSA) is 127 Å². The van der Waals surface area contributed by atoms with Gasteiger partial charge < -0.3 is 43.9 Å². The molecule has 10 nitrogen and oxygen atoms in total. The second-order valence-electron chi connectivity index (χ2n) is 16.9. The first kappa shape index (κ1) is 72.0. The molecule has 0 heterocycles. The van der Waals surface area contributed by atoms with Crippen molar-refractivity contribution in [3.63, 3.8) is 0 Å². The van der Waals surface area contributed by atoms with Gasteiger partial charge in [0.15, 0.2) is 12.6 Å². The van der Waals surface area contributed by atoms with Crippen molar-refractivity contribution in [2.45, 2.75) is 201 Å². The number of rotatable bonds is 50. The van der Waals surface area contributed by atoms with Crippen LogP contribution in [0.4, 0.5) is 0 Å². The van der Waals surface area contributed by atoms with Crippen molar-refractivity contribution in [1.29, 1.82) is 0 Å². The summed E-state index contributed by atoms with van der Waals surface area (Å²) in [6.07, 6.45) is 56.9. The number of esters is 1. The Hall–Kier alpha value is -2.24. The van der Waals surface area contributed by atoms with E-state index < -0.39 is 6.29 Å². The van der Waals surface area contributed by atoms with Crippen LogP contribution in [-0.2, 0) is 49.5 Å². The minimum atomic E-state index is -0.408. The molecule has 0 aliphatic heterocycles. The number of unbranched alkanes of at least 4 members (excludes halogenated alkanes) is 7. The third-order valence-corrected chi connectivity index (χ3v) is 10.6. The van der Waals surface area contributed by atoms with Gasteiger partial charge in [0.05, 0.1) is 39.5 Å². The Morgan fingerprint density at radius 3 is 1.10 bits per heavy atom. The predicted molar refractivity (Wildman–Crippen MR) is 291 cm³/mol. The summed E-state index contributed by atoms with van der Waals surface area (Å²) in [6, 6.07) is 0. The van der Waals surface area contributed by atoms with Crippen LogP contribution in [0.25, 0.3) is 0 Å². The summed E-state index contributed by atoms with van der Waals surface area (Å²) >= 11 is 0. The van der Waals surface area contributed by atoms with E-state index in [2.05, 4.69) is 130 Å².